The van der Waals surface area contributed by atoms with E-state index in [0.717, 1.165) is 27.4 Å². The summed E-state index contributed by atoms with van der Waals surface area (Å²) >= 11 is 0. The summed E-state index contributed by atoms with van der Waals surface area (Å²) in [5, 5.41) is 19.2. The highest BCUT2D eigenvalue weighted by Gasteiger charge is 2.29. The van der Waals surface area contributed by atoms with Gasteiger partial charge in [0.2, 0.25) is 23.6 Å². The number of carbonyl (C=O) groups excluding carboxylic acids is 4. The van der Waals surface area contributed by atoms with E-state index in [2.05, 4.69) is 25.9 Å². The molecule has 0 aliphatic heterocycles. The third-order valence-electron chi connectivity index (χ3n) is 7.24. The molecule has 4 unspecified atom stereocenters. The van der Waals surface area contributed by atoms with Gasteiger partial charge in [-0.1, -0.05) is 36.4 Å². The van der Waals surface area contributed by atoms with E-state index in [1.807, 2.05) is 48.5 Å². The van der Waals surface area contributed by atoms with Gasteiger partial charge in [0, 0.05) is 53.5 Å². The van der Waals surface area contributed by atoms with Crippen molar-refractivity contribution < 1.29 is 29.1 Å². The number of nitrogens with two attached hydrogens (primary N) is 2. The Morgan fingerprint density at radius 3 is 1.81 bits per heavy atom. The van der Waals surface area contributed by atoms with Gasteiger partial charge in [-0.3, -0.25) is 19.2 Å². The summed E-state index contributed by atoms with van der Waals surface area (Å²) in [6, 6.07) is 10.2. The fourth-order valence-electron chi connectivity index (χ4n) is 4.83. The maximum atomic E-state index is 13.4. The fourth-order valence-corrected chi connectivity index (χ4v) is 4.83. The van der Waals surface area contributed by atoms with Gasteiger partial charge in [-0.05, 0) is 36.6 Å². The maximum Gasteiger partial charge on any atom is 0.326 e. The number of H-pyrrole nitrogens is 2. The Morgan fingerprint density at radius 1 is 0.767 bits per heavy atom. The monoisotopic (exact) mass is 589 g/mol. The first-order valence-electron chi connectivity index (χ1n) is 13.8. The summed E-state index contributed by atoms with van der Waals surface area (Å²) in [6.45, 7) is 1.42. The molecule has 43 heavy (non-hydrogen) atoms. The van der Waals surface area contributed by atoms with E-state index >= 15 is 0 Å². The lowest BCUT2D eigenvalue weighted by molar-refractivity contribution is -0.142. The van der Waals surface area contributed by atoms with E-state index in [-0.39, 0.29) is 25.7 Å². The number of primary amides is 1. The summed E-state index contributed by atoms with van der Waals surface area (Å²) in [5.41, 5.74) is 14.2. The zero-order valence-corrected chi connectivity index (χ0v) is 23.6. The molecule has 0 saturated heterocycles. The third kappa shape index (κ3) is 7.77. The van der Waals surface area contributed by atoms with Gasteiger partial charge in [-0.15, -0.1) is 0 Å². The van der Waals surface area contributed by atoms with Crippen LogP contribution in [0.3, 0.4) is 0 Å². The topological polar surface area (TPSA) is 225 Å². The molecule has 10 N–H and O–H groups in total. The molecule has 0 spiro atoms. The smallest absolute Gasteiger partial charge is 0.326 e. The average molecular weight is 590 g/mol. The Morgan fingerprint density at radius 2 is 1.28 bits per heavy atom. The molecule has 0 bridgehead atoms. The van der Waals surface area contributed by atoms with E-state index in [1.165, 1.54) is 6.92 Å². The molecule has 2 aromatic carbocycles. The third-order valence-corrected chi connectivity index (χ3v) is 7.24. The molecule has 2 aromatic heterocycles. The second kappa shape index (κ2) is 13.7. The molecule has 0 saturated carbocycles. The van der Waals surface area contributed by atoms with E-state index in [9.17, 15) is 29.1 Å². The molecule has 4 atom stereocenters. The summed E-state index contributed by atoms with van der Waals surface area (Å²) in [5.74, 6) is -3.89. The van der Waals surface area contributed by atoms with Crippen LogP contribution in [0.25, 0.3) is 21.8 Å². The summed E-state index contributed by atoms with van der Waals surface area (Å²) < 4.78 is 0. The van der Waals surface area contributed by atoms with Crippen LogP contribution in [0.2, 0.25) is 0 Å². The molecule has 0 aliphatic carbocycles. The quantitative estimate of drug-likeness (QED) is 0.104. The number of hydrogen-bond acceptors (Lipinski definition) is 6. The second-order valence-electron chi connectivity index (χ2n) is 10.4. The van der Waals surface area contributed by atoms with E-state index in [1.54, 1.807) is 12.4 Å². The highest BCUT2D eigenvalue weighted by atomic mass is 16.4. The normalized spacial score (nSPS) is 14.0. The molecule has 4 amide bonds. The van der Waals surface area contributed by atoms with Crippen molar-refractivity contribution in [1.29, 1.82) is 0 Å². The number of carboxylic acids is 1. The van der Waals surface area contributed by atoms with Gasteiger partial charge in [-0.25, -0.2) is 4.79 Å². The first-order valence-corrected chi connectivity index (χ1v) is 13.8. The first kappa shape index (κ1) is 30.8. The van der Waals surface area contributed by atoms with E-state index in [0.29, 0.717) is 5.56 Å². The van der Waals surface area contributed by atoms with Crippen molar-refractivity contribution in [2.45, 2.75) is 56.8 Å². The SMILES string of the molecule is CC(NC(=O)C(Cc1c[nH]c2ccccc12)NC(=O)C(N)CCC(N)=O)C(=O)NC(Cc1c[nH]c2ccccc12)C(=O)O. The number of aromatic amines is 2. The standard InChI is InChI=1S/C30H35N7O6/c1-16(27(39)37-25(30(42)43)13-18-15-34-23-9-5-3-7-20(18)23)35-29(41)24(36-28(40)21(31)10-11-26(32)38)12-17-14-33-22-8-4-2-6-19(17)22/h2-9,14-16,21,24-25,33-34H,10-13,31H2,1H3,(H2,32,38)(H,35,41)(H,36,40)(H,37,39)(H,42,43). The van der Waals surface area contributed by atoms with Crippen molar-refractivity contribution >= 4 is 51.4 Å². The van der Waals surface area contributed by atoms with Crippen LogP contribution < -0.4 is 27.4 Å². The van der Waals surface area contributed by atoms with Crippen molar-refractivity contribution in [3.05, 3.63) is 72.1 Å². The van der Waals surface area contributed by atoms with Crippen molar-refractivity contribution in [1.82, 2.24) is 25.9 Å². The number of hydrogen-bond donors (Lipinski definition) is 8. The Hall–Kier alpha value is -5.17. The molecule has 13 heteroatoms. The summed E-state index contributed by atoms with van der Waals surface area (Å²) in [4.78, 5) is 68.6. The molecular weight excluding hydrogens is 554 g/mol. The Balaban J connectivity index is 1.45. The predicted octanol–water partition coefficient (Wildman–Crippen LogP) is 0.586. The average Bonchev–Trinajstić information content (AvgIpc) is 3.58. The number of amides is 4. The first-order chi connectivity index (χ1) is 20.5. The minimum atomic E-state index is -1.25. The number of carbonyl (C=O) groups is 5. The van der Waals surface area contributed by atoms with Crippen LogP contribution in [0.4, 0.5) is 0 Å². The minimum Gasteiger partial charge on any atom is -0.480 e. The predicted molar refractivity (Wildman–Crippen MR) is 160 cm³/mol. The van der Waals surface area contributed by atoms with Crippen LogP contribution >= 0.6 is 0 Å². The highest BCUT2D eigenvalue weighted by molar-refractivity contribution is 5.95. The van der Waals surface area contributed by atoms with Crippen LogP contribution in [0.1, 0.15) is 30.9 Å². The van der Waals surface area contributed by atoms with Gasteiger partial charge in [0.1, 0.15) is 18.1 Å². The molecule has 226 valence electrons. The zero-order chi connectivity index (χ0) is 31.1. The Bertz CT molecular complexity index is 1640. The number of carboxylic acid groups (broad SMARTS) is 1. The second-order valence-corrected chi connectivity index (χ2v) is 10.4. The van der Waals surface area contributed by atoms with Crippen molar-refractivity contribution in [2.75, 3.05) is 0 Å². The van der Waals surface area contributed by atoms with Crippen LogP contribution in [-0.2, 0) is 36.8 Å². The number of benzene rings is 2. The van der Waals surface area contributed by atoms with Crippen LogP contribution in [-0.4, -0.2) is 68.8 Å². The van der Waals surface area contributed by atoms with E-state index < -0.39 is 53.8 Å². The Labute approximate surface area is 246 Å². The van der Waals surface area contributed by atoms with Gasteiger partial charge in [0.25, 0.3) is 0 Å². The molecule has 13 nitrogen and oxygen atoms in total. The molecular formula is C30H35N7O6. The number of aliphatic carboxylic acids is 1. The Kier molecular flexibility index (Phi) is 9.78. The molecule has 2 heterocycles. The highest BCUT2D eigenvalue weighted by Crippen LogP contribution is 2.20. The zero-order valence-electron chi connectivity index (χ0n) is 23.6. The molecule has 4 aromatic rings. The van der Waals surface area contributed by atoms with Crippen molar-refractivity contribution in [2.24, 2.45) is 11.5 Å². The number of aromatic nitrogens is 2. The minimum absolute atomic E-state index is 0.00555. The number of fused-ring (bicyclic) bond motifs is 2. The number of para-hydroxylation sites is 2. The number of nitrogens with one attached hydrogen (secondary N) is 5. The lowest BCUT2D eigenvalue weighted by Crippen LogP contribution is -2.57. The van der Waals surface area contributed by atoms with Gasteiger partial charge in [-0.2, -0.15) is 0 Å². The fraction of sp³-hybridized carbons (Fsp3) is 0.300. The van der Waals surface area contributed by atoms with Crippen molar-refractivity contribution in [3.8, 4) is 0 Å². The van der Waals surface area contributed by atoms with Gasteiger partial charge in [0.05, 0.1) is 6.04 Å². The lowest BCUT2D eigenvalue weighted by Gasteiger charge is -2.23. The number of rotatable bonds is 14. The molecule has 4 rings (SSSR count). The van der Waals surface area contributed by atoms with Gasteiger partial charge in [0.15, 0.2) is 0 Å². The van der Waals surface area contributed by atoms with Crippen LogP contribution in [0.5, 0.6) is 0 Å². The summed E-state index contributed by atoms with van der Waals surface area (Å²) in [7, 11) is 0. The lowest BCUT2D eigenvalue weighted by atomic mass is 10.0. The summed E-state index contributed by atoms with van der Waals surface area (Å²) in [6.07, 6.45) is 3.40. The van der Waals surface area contributed by atoms with Crippen LogP contribution in [0.15, 0.2) is 60.9 Å². The molecule has 0 radical (unpaired) electrons. The maximum absolute atomic E-state index is 13.4. The molecule has 0 aliphatic rings. The largest absolute Gasteiger partial charge is 0.480 e. The van der Waals surface area contributed by atoms with Crippen molar-refractivity contribution in [3.63, 3.8) is 0 Å². The van der Waals surface area contributed by atoms with E-state index in [4.69, 9.17) is 11.5 Å². The van der Waals surface area contributed by atoms with Gasteiger partial charge < -0.3 is 42.5 Å². The van der Waals surface area contributed by atoms with Crippen LogP contribution in [0, 0.1) is 0 Å². The molecule has 0 fully saturated rings. The van der Waals surface area contributed by atoms with Gasteiger partial charge >= 0.3 is 5.97 Å².